The molecule has 1 aromatic carbocycles. The van der Waals surface area contributed by atoms with E-state index in [1.165, 1.54) is 6.42 Å². The van der Waals surface area contributed by atoms with Crippen molar-refractivity contribution in [2.45, 2.75) is 38.3 Å². The molecule has 1 fully saturated rings. The molecule has 2 rings (SSSR count). The number of carbonyl (C=O) groups is 1. The molecule has 3 nitrogen and oxygen atoms in total. The maximum Gasteiger partial charge on any atom is 0.224 e. The lowest BCUT2D eigenvalue weighted by atomic mass is 9.93. The molecule has 0 atom stereocenters. The normalized spacial score (nSPS) is 15.6. The Labute approximate surface area is 96.0 Å². The third-order valence-corrected chi connectivity index (χ3v) is 3.16. The number of nitrogens with one attached hydrogen (secondary N) is 1. The van der Waals surface area contributed by atoms with Gasteiger partial charge in [-0.05, 0) is 30.4 Å². The number of nitrogens with two attached hydrogens (primary N) is 1. The number of amides is 1. The number of carbonyl (C=O) groups excluding carboxylic acids is 1. The predicted octanol–water partition coefficient (Wildman–Crippen LogP) is 1.36. The van der Waals surface area contributed by atoms with Crippen molar-refractivity contribution in [3.05, 3.63) is 35.4 Å². The zero-order chi connectivity index (χ0) is 11.4. The molecule has 16 heavy (non-hydrogen) atoms. The van der Waals surface area contributed by atoms with Crippen LogP contribution in [0, 0.1) is 0 Å². The molecule has 3 heteroatoms. The smallest absolute Gasteiger partial charge is 0.224 e. The molecule has 86 valence electrons. The van der Waals surface area contributed by atoms with Crippen molar-refractivity contribution in [1.29, 1.82) is 0 Å². The summed E-state index contributed by atoms with van der Waals surface area (Å²) in [6, 6.07) is 8.27. The molecule has 0 spiro atoms. The molecule has 0 heterocycles. The summed E-state index contributed by atoms with van der Waals surface area (Å²) in [7, 11) is 0. The zero-order valence-electron chi connectivity index (χ0n) is 9.41. The fourth-order valence-electron chi connectivity index (χ4n) is 1.93. The van der Waals surface area contributed by atoms with E-state index in [1.54, 1.807) is 0 Å². The first kappa shape index (κ1) is 11.1. The Kier molecular flexibility index (Phi) is 3.57. The van der Waals surface area contributed by atoms with E-state index < -0.39 is 0 Å². The van der Waals surface area contributed by atoms with E-state index in [0.29, 0.717) is 19.0 Å². The van der Waals surface area contributed by atoms with Crippen molar-refractivity contribution < 1.29 is 4.79 Å². The topological polar surface area (TPSA) is 55.1 Å². The second kappa shape index (κ2) is 5.12. The highest BCUT2D eigenvalue weighted by Gasteiger charge is 2.19. The van der Waals surface area contributed by atoms with E-state index in [2.05, 4.69) is 5.32 Å². The third kappa shape index (κ3) is 2.61. The van der Waals surface area contributed by atoms with Crippen LogP contribution in [-0.4, -0.2) is 11.9 Å². The first-order valence-corrected chi connectivity index (χ1v) is 5.86. The van der Waals surface area contributed by atoms with Gasteiger partial charge in [0, 0.05) is 12.6 Å². The summed E-state index contributed by atoms with van der Waals surface area (Å²) < 4.78 is 0. The molecule has 1 aliphatic rings. The van der Waals surface area contributed by atoms with Crippen LogP contribution in [-0.2, 0) is 17.8 Å². The highest BCUT2D eigenvalue weighted by molar-refractivity contribution is 5.79. The largest absolute Gasteiger partial charge is 0.353 e. The van der Waals surface area contributed by atoms with E-state index in [-0.39, 0.29) is 5.91 Å². The second-order valence-corrected chi connectivity index (χ2v) is 4.34. The highest BCUT2D eigenvalue weighted by Crippen LogP contribution is 2.18. The van der Waals surface area contributed by atoms with Gasteiger partial charge in [0.2, 0.25) is 5.91 Å². The second-order valence-electron chi connectivity index (χ2n) is 4.34. The van der Waals surface area contributed by atoms with Gasteiger partial charge in [-0.15, -0.1) is 0 Å². The van der Waals surface area contributed by atoms with Crippen LogP contribution in [0.4, 0.5) is 0 Å². The van der Waals surface area contributed by atoms with Crippen molar-refractivity contribution >= 4 is 5.91 Å². The van der Waals surface area contributed by atoms with Gasteiger partial charge in [-0.25, -0.2) is 0 Å². The Morgan fingerprint density at radius 2 is 2.00 bits per heavy atom. The van der Waals surface area contributed by atoms with Gasteiger partial charge in [0.25, 0.3) is 0 Å². The van der Waals surface area contributed by atoms with Gasteiger partial charge < -0.3 is 11.1 Å². The summed E-state index contributed by atoms with van der Waals surface area (Å²) in [5, 5.41) is 3.04. The van der Waals surface area contributed by atoms with Crippen molar-refractivity contribution in [3.8, 4) is 0 Å². The monoisotopic (exact) mass is 218 g/mol. The van der Waals surface area contributed by atoms with Crippen LogP contribution < -0.4 is 11.1 Å². The van der Waals surface area contributed by atoms with Gasteiger partial charge in [-0.2, -0.15) is 0 Å². The fourth-order valence-corrected chi connectivity index (χ4v) is 1.93. The molecule has 0 saturated heterocycles. The molecule has 1 amide bonds. The summed E-state index contributed by atoms with van der Waals surface area (Å²) in [5.41, 5.74) is 7.74. The average molecular weight is 218 g/mol. The number of benzene rings is 1. The lowest BCUT2D eigenvalue weighted by molar-refractivity contribution is -0.121. The molecule has 1 aliphatic carbocycles. The van der Waals surface area contributed by atoms with Gasteiger partial charge in [0.05, 0.1) is 6.42 Å². The van der Waals surface area contributed by atoms with Crippen molar-refractivity contribution in [3.63, 3.8) is 0 Å². The van der Waals surface area contributed by atoms with E-state index in [0.717, 1.165) is 24.0 Å². The average Bonchev–Trinajstić information content (AvgIpc) is 2.24. The van der Waals surface area contributed by atoms with Crippen LogP contribution in [0.3, 0.4) is 0 Å². The van der Waals surface area contributed by atoms with Gasteiger partial charge in [-0.1, -0.05) is 24.3 Å². The van der Waals surface area contributed by atoms with Crippen LogP contribution in [0.1, 0.15) is 30.4 Å². The maximum absolute atomic E-state index is 11.7. The molecular formula is C13H18N2O. The minimum Gasteiger partial charge on any atom is -0.353 e. The molecule has 0 bridgehead atoms. The summed E-state index contributed by atoms with van der Waals surface area (Å²) in [6.45, 7) is 0.493. The Balaban J connectivity index is 1.94. The molecule has 0 aliphatic heterocycles. The number of hydrogen-bond donors (Lipinski definition) is 2. The quantitative estimate of drug-likeness (QED) is 0.801. The third-order valence-electron chi connectivity index (χ3n) is 3.16. The minimum absolute atomic E-state index is 0.116. The Morgan fingerprint density at radius 1 is 1.31 bits per heavy atom. The molecule has 1 saturated carbocycles. The summed E-state index contributed by atoms with van der Waals surface area (Å²) >= 11 is 0. The van der Waals surface area contributed by atoms with Crippen LogP contribution in [0.2, 0.25) is 0 Å². The van der Waals surface area contributed by atoms with Crippen LogP contribution in [0.5, 0.6) is 0 Å². The van der Waals surface area contributed by atoms with Crippen molar-refractivity contribution in [2.75, 3.05) is 0 Å². The van der Waals surface area contributed by atoms with Crippen LogP contribution in [0.25, 0.3) is 0 Å². The Hall–Kier alpha value is -1.35. The van der Waals surface area contributed by atoms with E-state index in [4.69, 9.17) is 5.73 Å². The predicted molar refractivity (Wildman–Crippen MR) is 63.8 cm³/mol. The first-order chi connectivity index (χ1) is 7.79. The number of rotatable bonds is 4. The molecule has 0 aromatic heterocycles. The molecule has 0 unspecified atom stereocenters. The number of hydrogen-bond acceptors (Lipinski definition) is 2. The maximum atomic E-state index is 11.7. The molecule has 1 aromatic rings. The van der Waals surface area contributed by atoms with E-state index in [1.807, 2.05) is 24.3 Å². The zero-order valence-corrected chi connectivity index (χ0v) is 9.41. The van der Waals surface area contributed by atoms with E-state index in [9.17, 15) is 4.79 Å². The first-order valence-electron chi connectivity index (χ1n) is 5.86. The lowest BCUT2D eigenvalue weighted by Gasteiger charge is -2.26. The van der Waals surface area contributed by atoms with Crippen molar-refractivity contribution in [2.24, 2.45) is 5.73 Å². The molecule has 3 N–H and O–H groups in total. The summed E-state index contributed by atoms with van der Waals surface area (Å²) in [6.07, 6.45) is 3.95. The lowest BCUT2D eigenvalue weighted by Crippen LogP contribution is -2.40. The SMILES string of the molecule is NCc1ccccc1CC(=O)NC1CCC1. The highest BCUT2D eigenvalue weighted by atomic mass is 16.1. The van der Waals surface area contributed by atoms with Crippen LogP contribution in [0.15, 0.2) is 24.3 Å². The van der Waals surface area contributed by atoms with Gasteiger partial charge >= 0.3 is 0 Å². The standard InChI is InChI=1S/C13H18N2O/c14-9-11-5-2-1-4-10(11)8-13(16)15-12-6-3-7-12/h1-2,4-5,12H,3,6-9,14H2,(H,15,16). The van der Waals surface area contributed by atoms with Crippen molar-refractivity contribution in [1.82, 2.24) is 5.32 Å². The molecule has 0 radical (unpaired) electrons. The summed E-state index contributed by atoms with van der Waals surface area (Å²) in [5.74, 6) is 0.116. The van der Waals surface area contributed by atoms with Gasteiger partial charge in [0.15, 0.2) is 0 Å². The summed E-state index contributed by atoms with van der Waals surface area (Å²) in [4.78, 5) is 11.7. The fraction of sp³-hybridized carbons (Fsp3) is 0.462. The van der Waals surface area contributed by atoms with E-state index >= 15 is 0 Å². The molecular weight excluding hydrogens is 200 g/mol. The van der Waals surface area contributed by atoms with Gasteiger partial charge in [-0.3, -0.25) is 4.79 Å². The Morgan fingerprint density at radius 3 is 2.56 bits per heavy atom. The Bertz CT molecular complexity index is 372. The van der Waals surface area contributed by atoms with Crippen LogP contribution >= 0.6 is 0 Å². The van der Waals surface area contributed by atoms with Gasteiger partial charge in [0.1, 0.15) is 0 Å². The minimum atomic E-state index is 0.116.